The summed E-state index contributed by atoms with van der Waals surface area (Å²) in [5.74, 6) is 1.71. The Kier molecular flexibility index (Phi) is 3.82. The molecule has 0 amide bonds. The van der Waals surface area contributed by atoms with Crippen molar-refractivity contribution >= 4 is 5.78 Å². The van der Waals surface area contributed by atoms with Crippen molar-refractivity contribution in [3.8, 4) is 5.75 Å². The van der Waals surface area contributed by atoms with Crippen LogP contribution in [-0.4, -0.2) is 11.9 Å². The van der Waals surface area contributed by atoms with Crippen LogP contribution in [0, 0.1) is 5.92 Å². The number of Topliss-reactive ketones (excluding diaryl/α,β-unsaturated/α-hetero) is 1. The number of carbonyl (C=O) groups excluding carboxylic acids is 1. The van der Waals surface area contributed by atoms with Crippen LogP contribution in [-0.2, 0) is 11.2 Å². The van der Waals surface area contributed by atoms with Crippen molar-refractivity contribution in [2.45, 2.75) is 45.6 Å². The molecule has 2 heteroatoms. The molecule has 0 atom stereocenters. The van der Waals surface area contributed by atoms with Gasteiger partial charge in [0, 0.05) is 12.3 Å². The van der Waals surface area contributed by atoms with Crippen LogP contribution in [0.5, 0.6) is 5.75 Å². The third-order valence-electron chi connectivity index (χ3n) is 3.01. The highest BCUT2D eigenvalue weighted by Gasteiger charge is 2.28. The average Bonchev–Trinajstić information content (AvgIpc) is 3.10. The maximum Gasteiger partial charge on any atom is 0.136 e. The number of ether oxygens (including phenoxy) is 1. The Labute approximate surface area is 103 Å². The molecule has 0 radical (unpaired) electrons. The Morgan fingerprint density at radius 3 is 2.71 bits per heavy atom. The molecule has 1 saturated carbocycles. The van der Waals surface area contributed by atoms with Crippen molar-refractivity contribution in [1.29, 1.82) is 0 Å². The van der Waals surface area contributed by atoms with Gasteiger partial charge >= 0.3 is 0 Å². The Hall–Kier alpha value is -1.31. The van der Waals surface area contributed by atoms with Crippen LogP contribution >= 0.6 is 0 Å². The normalized spacial score (nSPS) is 15.0. The molecule has 0 saturated heterocycles. The van der Waals surface area contributed by atoms with Crippen molar-refractivity contribution in [2.24, 2.45) is 5.92 Å². The van der Waals surface area contributed by atoms with Crippen LogP contribution in [0.1, 0.15) is 38.7 Å². The molecular formula is C15H20O2. The first-order chi connectivity index (χ1) is 8.16. The molecule has 0 heterocycles. The molecule has 1 aromatic rings. The van der Waals surface area contributed by atoms with Crippen LogP contribution in [0.25, 0.3) is 0 Å². The predicted molar refractivity (Wildman–Crippen MR) is 68.3 cm³/mol. The molecule has 0 bridgehead atoms. The largest absolute Gasteiger partial charge is 0.491 e. The van der Waals surface area contributed by atoms with E-state index in [9.17, 15) is 4.79 Å². The highest BCUT2D eigenvalue weighted by Crippen LogP contribution is 2.32. The predicted octanol–water partition coefficient (Wildman–Crippen LogP) is 3.39. The van der Waals surface area contributed by atoms with Crippen LogP contribution in [0.15, 0.2) is 24.3 Å². The molecule has 1 fully saturated rings. The van der Waals surface area contributed by atoms with E-state index in [0.29, 0.717) is 18.1 Å². The van der Waals surface area contributed by atoms with Gasteiger partial charge in [-0.1, -0.05) is 18.2 Å². The number of hydrogen-bond acceptors (Lipinski definition) is 2. The molecule has 2 rings (SSSR count). The van der Waals surface area contributed by atoms with Gasteiger partial charge in [-0.2, -0.15) is 0 Å². The van der Waals surface area contributed by atoms with Gasteiger partial charge in [0.1, 0.15) is 11.5 Å². The second kappa shape index (κ2) is 5.35. The van der Waals surface area contributed by atoms with E-state index in [2.05, 4.69) is 6.07 Å². The minimum absolute atomic E-state index is 0.176. The molecule has 1 aliphatic rings. The molecule has 0 aliphatic heterocycles. The second-order valence-corrected chi connectivity index (χ2v) is 5.01. The molecule has 0 N–H and O–H groups in total. The van der Waals surface area contributed by atoms with Gasteiger partial charge in [-0.05, 0) is 44.7 Å². The van der Waals surface area contributed by atoms with Crippen molar-refractivity contribution in [2.75, 3.05) is 0 Å². The monoisotopic (exact) mass is 232 g/mol. The van der Waals surface area contributed by atoms with E-state index in [1.54, 1.807) is 0 Å². The van der Waals surface area contributed by atoms with Gasteiger partial charge in [-0.15, -0.1) is 0 Å². The lowest BCUT2D eigenvalue weighted by Gasteiger charge is -2.13. The van der Waals surface area contributed by atoms with Crippen LogP contribution in [0.2, 0.25) is 0 Å². The number of aryl methyl sites for hydroxylation is 1. The maximum atomic E-state index is 11.7. The molecule has 1 aromatic carbocycles. The number of rotatable bonds is 6. The van der Waals surface area contributed by atoms with Crippen molar-refractivity contribution in [1.82, 2.24) is 0 Å². The summed E-state index contributed by atoms with van der Waals surface area (Å²) in [7, 11) is 0. The minimum atomic E-state index is 0.176. The summed E-state index contributed by atoms with van der Waals surface area (Å²) in [4.78, 5) is 11.7. The van der Waals surface area contributed by atoms with Gasteiger partial charge in [-0.3, -0.25) is 4.79 Å². The fourth-order valence-corrected chi connectivity index (χ4v) is 1.95. The third-order valence-corrected chi connectivity index (χ3v) is 3.01. The quantitative estimate of drug-likeness (QED) is 0.751. The van der Waals surface area contributed by atoms with E-state index >= 15 is 0 Å². The maximum absolute atomic E-state index is 11.7. The Bertz CT molecular complexity index is 392. The highest BCUT2D eigenvalue weighted by atomic mass is 16.5. The third kappa shape index (κ3) is 3.58. The van der Waals surface area contributed by atoms with Gasteiger partial charge in [-0.25, -0.2) is 0 Å². The lowest BCUT2D eigenvalue weighted by molar-refractivity contribution is -0.120. The second-order valence-electron chi connectivity index (χ2n) is 5.01. The average molecular weight is 232 g/mol. The first kappa shape index (κ1) is 12.2. The van der Waals surface area contributed by atoms with Crippen molar-refractivity contribution in [3.63, 3.8) is 0 Å². The van der Waals surface area contributed by atoms with E-state index in [1.165, 1.54) is 0 Å². The number of carbonyl (C=O) groups is 1. The van der Waals surface area contributed by atoms with Gasteiger partial charge < -0.3 is 4.74 Å². The molecule has 0 spiro atoms. The highest BCUT2D eigenvalue weighted by molar-refractivity contribution is 5.83. The molecule has 92 valence electrons. The SMILES string of the molecule is CC(C)Oc1ccccc1CCC(=O)C1CC1. The summed E-state index contributed by atoms with van der Waals surface area (Å²) in [6, 6.07) is 8.02. The summed E-state index contributed by atoms with van der Waals surface area (Å²) in [6.45, 7) is 4.04. The topological polar surface area (TPSA) is 26.3 Å². The first-order valence-corrected chi connectivity index (χ1v) is 6.44. The zero-order chi connectivity index (χ0) is 12.3. The van der Waals surface area contributed by atoms with Gasteiger partial charge in [0.25, 0.3) is 0 Å². The zero-order valence-corrected chi connectivity index (χ0v) is 10.6. The van der Waals surface area contributed by atoms with E-state index < -0.39 is 0 Å². The zero-order valence-electron chi connectivity index (χ0n) is 10.6. The van der Waals surface area contributed by atoms with E-state index in [4.69, 9.17) is 4.74 Å². The molecule has 2 nitrogen and oxygen atoms in total. The fourth-order valence-electron chi connectivity index (χ4n) is 1.95. The Balaban J connectivity index is 1.96. The minimum Gasteiger partial charge on any atom is -0.491 e. The number of benzene rings is 1. The lowest BCUT2D eigenvalue weighted by atomic mass is 10.0. The standard InChI is InChI=1S/C15H20O2/c1-11(2)17-15-6-4-3-5-13(15)9-10-14(16)12-7-8-12/h3-6,11-12H,7-10H2,1-2H3. The van der Waals surface area contributed by atoms with Crippen LogP contribution in [0.4, 0.5) is 0 Å². The van der Waals surface area contributed by atoms with Gasteiger partial charge in [0.05, 0.1) is 6.10 Å². The number of ketones is 1. The van der Waals surface area contributed by atoms with Gasteiger partial charge in [0.2, 0.25) is 0 Å². The number of para-hydroxylation sites is 1. The van der Waals surface area contributed by atoms with Crippen LogP contribution in [0.3, 0.4) is 0 Å². The van der Waals surface area contributed by atoms with Crippen molar-refractivity contribution in [3.05, 3.63) is 29.8 Å². The summed E-state index contributed by atoms with van der Waals surface area (Å²) in [5.41, 5.74) is 1.15. The summed E-state index contributed by atoms with van der Waals surface area (Å²) >= 11 is 0. The summed E-state index contributed by atoms with van der Waals surface area (Å²) in [6.07, 6.45) is 3.84. The smallest absolute Gasteiger partial charge is 0.136 e. The van der Waals surface area contributed by atoms with Crippen molar-refractivity contribution < 1.29 is 9.53 Å². The summed E-state index contributed by atoms with van der Waals surface area (Å²) < 4.78 is 5.74. The lowest BCUT2D eigenvalue weighted by Crippen LogP contribution is -2.08. The fraction of sp³-hybridized carbons (Fsp3) is 0.533. The number of hydrogen-bond donors (Lipinski definition) is 0. The molecule has 0 aromatic heterocycles. The molecule has 1 aliphatic carbocycles. The summed E-state index contributed by atoms with van der Waals surface area (Å²) in [5, 5.41) is 0. The Morgan fingerprint density at radius 2 is 2.06 bits per heavy atom. The first-order valence-electron chi connectivity index (χ1n) is 6.44. The molecule has 0 unspecified atom stereocenters. The molecular weight excluding hydrogens is 212 g/mol. The van der Waals surface area contributed by atoms with E-state index in [-0.39, 0.29) is 6.10 Å². The van der Waals surface area contributed by atoms with E-state index in [1.807, 2.05) is 32.0 Å². The van der Waals surface area contributed by atoms with Crippen LogP contribution < -0.4 is 4.74 Å². The van der Waals surface area contributed by atoms with Gasteiger partial charge in [0.15, 0.2) is 0 Å². The molecule has 17 heavy (non-hydrogen) atoms. The Morgan fingerprint density at radius 1 is 1.35 bits per heavy atom. The van der Waals surface area contributed by atoms with E-state index in [0.717, 1.165) is 30.6 Å².